The van der Waals surface area contributed by atoms with Crippen molar-refractivity contribution >= 4 is 6.09 Å². The van der Waals surface area contributed by atoms with Crippen molar-refractivity contribution in [2.45, 2.75) is 90.2 Å². The molecule has 1 unspecified atom stereocenters. The Morgan fingerprint density at radius 3 is 2.30 bits per heavy atom. The van der Waals surface area contributed by atoms with Gasteiger partial charge in [0, 0.05) is 0 Å². The number of hydrogen-bond donors (Lipinski definition) is 2. The Morgan fingerprint density at radius 2 is 1.73 bits per heavy atom. The second-order valence-electron chi connectivity index (χ2n) is 8.74. The maximum Gasteiger partial charge on any atom is 0.408 e. The Kier molecular flexibility index (Phi) is 11.3. The molecule has 0 aromatic heterocycles. The fourth-order valence-corrected chi connectivity index (χ4v) is 2.98. The molecule has 1 aromatic rings. The van der Waals surface area contributed by atoms with Crippen LogP contribution in [0, 0.1) is 11.3 Å². The van der Waals surface area contributed by atoms with Crippen molar-refractivity contribution in [1.82, 2.24) is 5.32 Å². The molecule has 0 aliphatic rings. The van der Waals surface area contributed by atoms with Gasteiger partial charge in [0.15, 0.2) is 5.54 Å². The lowest BCUT2D eigenvalue weighted by molar-refractivity contribution is 0.0438. The Labute approximate surface area is 181 Å². The SMILES string of the molecule is CCCCCCCCOc1ccc(CCC(C#N)(CO)NC(=O)OC(C)(C)C)cc1. The number of alkyl carbamates (subject to hydrolysis) is 1. The first-order chi connectivity index (χ1) is 14.2. The molecule has 0 fully saturated rings. The highest BCUT2D eigenvalue weighted by molar-refractivity contribution is 5.69. The average molecular weight is 419 g/mol. The maximum absolute atomic E-state index is 12.0. The van der Waals surface area contributed by atoms with Crippen LogP contribution in [0.15, 0.2) is 24.3 Å². The minimum atomic E-state index is -1.38. The summed E-state index contributed by atoms with van der Waals surface area (Å²) in [5, 5.41) is 21.8. The number of nitrogens with one attached hydrogen (secondary N) is 1. The third kappa shape index (κ3) is 10.5. The fraction of sp³-hybridized carbons (Fsp3) is 0.667. The number of ether oxygens (including phenoxy) is 2. The summed E-state index contributed by atoms with van der Waals surface area (Å²) < 4.78 is 11.0. The highest BCUT2D eigenvalue weighted by Crippen LogP contribution is 2.19. The number of amides is 1. The molecule has 2 N–H and O–H groups in total. The van der Waals surface area contributed by atoms with E-state index >= 15 is 0 Å². The van der Waals surface area contributed by atoms with Crippen molar-refractivity contribution < 1.29 is 19.4 Å². The lowest BCUT2D eigenvalue weighted by Gasteiger charge is -2.28. The number of rotatable bonds is 13. The number of benzene rings is 1. The molecule has 1 atom stereocenters. The van der Waals surface area contributed by atoms with E-state index < -0.39 is 23.8 Å². The first kappa shape index (κ1) is 25.8. The van der Waals surface area contributed by atoms with Crippen LogP contribution in [0.25, 0.3) is 0 Å². The number of aliphatic hydroxyl groups is 1. The zero-order chi connectivity index (χ0) is 22.5. The Bertz CT molecular complexity index is 661. The lowest BCUT2D eigenvalue weighted by Crippen LogP contribution is -2.52. The van der Waals surface area contributed by atoms with E-state index in [1.54, 1.807) is 20.8 Å². The topological polar surface area (TPSA) is 91.6 Å². The number of carbonyl (C=O) groups is 1. The van der Waals surface area contributed by atoms with E-state index in [0.717, 1.165) is 17.7 Å². The molecule has 6 nitrogen and oxygen atoms in total. The minimum Gasteiger partial charge on any atom is -0.494 e. The zero-order valence-electron chi connectivity index (χ0n) is 19.0. The number of nitrogens with zero attached hydrogens (tertiary/aromatic N) is 1. The molecule has 0 aliphatic carbocycles. The van der Waals surface area contributed by atoms with Gasteiger partial charge in [0.05, 0.1) is 19.3 Å². The van der Waals surface area contributed by atoms with E-state index in [4.69, 9.17) is 9.47 Å². The third-order valence-corrected chi connectivity index (χ3v) is 4.75. The normalized spacial score (nSPS) is 13.2. The van der Waals surface area contributed by atoms with Crippen molar-refractivity contribution in [3.8, 4) is 11.8 Å². The van der Waals surface area contributed by atoms with E-state index in [2.05, 4.69) is 12.2 Å². The molecular formula is C24H38N2O4. The van der Waals surface area contributed by atoms with Gasteiger partial charge in [-0.05, 0) is 57.7 Å². The Morgan fingerprint density at radius 1 is 1.10 bits per heavy atom. The molecule has 1 amide bonds. The van der Waals surface area contributed by atoms with Crippen LogP contribution in [0.4, 0.5) is 4.79 Å². The van der Waals surface area contributed by atoms with Crippen LogP contribution in [-0.4, -0.2) is 35.6 Å². The highest BCUT2D eigenvalue weighted by atomic mass is 16.6. The summed E-state index contributed by atoms with van der Waals surface area (Å²) in [7, 11) is 0. The van der Waals surface area contributed by atoms with E-state index in [1.807, 2.05) is 30.3 Å². The highest BCUT2D eigenvalue weighted by Gasteiger charge is 2.33. The molecule has 6 heteroatoms. The van der Waals surface area contributed by atoms with Gasteiger partial charge in [-0.1, -0.05) is 51.2 Å². The second-order valence-corrected chi connectivity index (χ2v) is 8.74. The summed E-state index contributed by atoms with van der Waals surface area (Å²) in [4.78, 5) is 12.0. The summed E-state index contributed by atoms with van der Waals surface area (Å²) in [6.45, 7) is 7.69. The van der Waals surface area contributed by atoms with E-state index in [1.165, 1.54) is 32.1 Å². The van der Waals surface area contributed by atoms with Crippen molar-refractivity contribution in [3.63, 3.8) is 0 Å². The first-order valence-corrected chi connectivity index (χ1v) is 11.0. The second kappa shape index (κ2) is 13.1. The van der Waals surface area contributed by atoms with Crippen LogP contribution >= 0.6 is 0 Å². The van der Waals surface area contributed by atoms with Gasteiger partial charge in [-0.15, -0.1) is 0 Å². The first-order valence-electron chi connectivity index (χ1n) is 11.0. The summed E-state index contributed by atoms with van der Waals surface area (Å²) in [5.74, 6) is 0.827. The number of unbranched alkanes of at least 4 members (excludes halogenated alkanes) is 5. The van der Waals surface area contributed by atoms with Crippen LogP contribution in [0.3, 0.4) is 0 Å². The van der Waals surface area contributed by atoms with Crippen molar-refractivity contribution in [1.29, 1.82) is 5.26 Å². The molecule has 0 aliphatic heterocycles. The van der Waals surface area contributed by atoms with Crippen molar-refractivity contribution in [2.75, 3.05) is 13.2 Å². The molecule has 30 heavy (non-hydrogen) atoms. The number of aryl methyl sites for hydroxylation is 1. The van der Waals surface area contributed by atoms with E-state index in [0.29, 0.717) is 13.0 Å². The molecule has 168 valence electrons. The molecular weight excluding hydrogens is 380 g/mol. The van der Waals surface area contributed by atoms with E-state index in [-0.39, 0.29) is 6.42 Å². The molecule has 0 bridgehead atoms. The average Bonchev–Trinajstić information content (AvgIpc) is 2.70. The van der Waals surface area contributed by atoms with Gasteiger partial charge in [-0.3, -0.25) is 0 Å². The van der Waals surface area contributed by atoms with Crippen LogP contribution in [0.2, 0.25) is 0 Å². The maximum atomic E-state index is 12.0. The van der Waals surface area contributed by atoms with Crippen LogP contribution in [0.5, 0.6) is 5.75 Å². The van der Waals surface area contributed by atoms with Gasteiger partial charge in [0.25, 0.3) is 0 Å². The van der Waals surface area contributed by atoms with Crippen LogP contribution in [-0.2, 0) is 11.2 Å². The number of nitriles is 1. The predicted molar refractivity (Wildman–Crippen MR) is 118 cm³/mol. The molecule has 0 saturated heterocycles. The Hall–Kier alpha value is -2.26. The largest absolute Gasteiger partial charge is 0.494 e. The predicted octanol–water partition coefficient (Wildman–Crippen LogP) is 5.14. The Balaban J connectivity index is 2.47. The van der Waals surface area contributed by atoms with Gasteiger partial charge in [-0.25, -0.2) is 4.79 Å². The number of hydrogen-bond acceptors (Lipinski definition) is 5. The zero-order valence-corrected chi connectivity index (χ0v) is 19.0. The van der Waals surface area contributed by atoms with Gasteiger partial charge < -0.3 is 19.9 Å². The van der Waals surface area contributed by atoms with Gasteiger partial charge in [0.1, 0.15) is 11.4 Å². The fourth-order valence-electron chi connectivity index (χ4n) is 2.98. The van der Waals surface area contributed by atoms with Gasteiger partial charge in [0.2, 0.25) is 0 Å². The molecule has 0 radical (unpaired) electrons. The van der Waals surface area contributed by atoms with Gasteiger partial charge >= 0.3 is 6.09 Å². The van der Waals surface area contributed by atoms with Crippen molar-refractivity contribution in [2.24, 2.45) is 0 Å². The molecule has 0 saturated carbocycles. The lowest BCUT2D eigenvalue weighted by atomic mass is 9.93. The van der Waals surface area contributed by atoms with Crippen molar-refractivity contribution in [3.05, 3.63) is 29.8 Å². The summed E-state index contributed by atoms with van der Waals surface area (Å²) >= 11 is 0. The summed E-state index contributed by atoms with van der Waals surface area (Å²) in [6, 6.07) is 9.76. The van der Waals surface area contributed by atoms with Crippen LogP contribution in [0.1, 0.15) is 78.2 Å². The molecule has 1 aromatic carbocycles. The monoisotopic (exact) mass is 418 g/mol. The summed E-state index contributed by atoms with van der Waals surface area (Å²) in [5.41, 5.74) is -1.05. The van der Waals surface area contributed by atoms with Crippen LogP contribution < -0.4 is 10.1 Å². The third-order valence-electron chi connectivity index (χ3n) is 4.75. The minimum absolute atomic E-state index is 0.275. The molecule has 0 spiro atoms. The standard InChI is InChI=1S/C24H38N2O4/c1-5-6-7-8-9-10-17-29-21-13-11-20(12-14-21)15-16-24(18-25,19-27)26-22(28)30-23(2,3)4/h11-14,27H,5-10,15-17,19H2,1-4H3,(H,26,28). The van der Waals surface area contributed by atoms with E-state index in [9.17, 15) is 15.2 Å². The molecule has 0 heterocycles. The smallest absolute Gasteiger partial charge is 0.408 e. The quantitative estimate of drug-likeness (QED) is 0.433. The summed E-state index contributed by atoms with van der Waals surface area (Å²) in [6.07, 6.45) is 7.47. The number of aliphatic hydroxyl groups excluding tert-OH is 1. The van der Waals surface area contributed by atoms with Gasteiger partial charge in [-0.2, -0.15) is 5.26 Å². The number of carbonyl (C=O) groups excluding carboxylic acids is 1. The molecule has 1 rings (SSSR count).